The molecule has 3 aromatic rings. The first kappa shape index (κ1) is 25.4. The quantitative estimate of drug-likeness (QED) is 0.254. The van der Waals surface area contributed by atoms with Crippen molar-refractivity contribution in [3.05, 3.63) is 95.1 Å². The number of fused-ring (bicyclic) bond motifs is 3. The van der Waals surface area contributed by atoms with Crippen LogP contribution >= 0.6 is 0 Å². The Morgan fingerprint density at radius 3 is 1.95 bits per heavy atom. The number of nitrogens with zero attached hydrogens (tertiary/aromatic N) is 3. The van der Waals surface area contributed by atoms with Gasteiger partial charge in [0.25, 0.3) is 5.91 Å². The summed E-state index contributed by atoms with van der Waals surface area (Å²) in [7, 11) is 0. The number of anilines is 1. The third kappa shape index (κ3) is 4.74. The molecule has 0 saturated carbocycles. The SMILES string of the molecule is O=C1CC(=C2c3ccccc3-c3ccccc32)C(=O)N1CCCN1CCN(c2cccc(C(F)(F)F)c2)CC1. The number of amides is 2. The lowest BCUT2D eigenvalue weighted by Gasteiger charge is -2.36. The fourth-order valence-electron chi connectivity index (χ4n) is 5.92. The van der Waals surface area contributed by atoms with Crippen molar-refractivity contribution in [1.29, 1.82) is 0 Å². The molecule has 0 bridgehead atoms. The van der Waals surface area contributed by atoms with Crippen molar-refractivity contribution in [3.63, 3.8) is 0 Å². The molecule has 6 rings (SSSR count). The molecule has 5 nitrogen and oxygen atoms in total. The van der Waals surface area contributed by atoms with E-state index in [4.69, 9.17) is 0 Å². The average Bonchev–Trinajstić information content (AvgIpc) is 3.42. The second-order valence-corrected chi connectivity index (χ2v) is 10.2. The minimum atomic E-state index is -4.36. The summed E-state index contributed by atoms with van der Waals surface area (Å²) in [6.45, 7) is 3.73. The average molecular weight is 532 g/mol. The van der Waals surface area contributed by atoms with Gasteiger partial charge >= 0.3 is 6.18 Å². The fourth-order valence-corrected chi connectivity index (χ4v) is 5.92. The lowest BCUT2D eigenvalue weighted by molar-refractivity contribution is -0.138. The summed E-state index contributed by atoms with van der Waals surface area (Å²) in [5.74, 6) is -0.380. The number of benzene rings is 3. The van der Waals surface area contributed by atoms with E-state index in [2.05, 4.69) is 4.90 Å². The van der Waals surface area contributed by atoms with E-state index in [1.54, 1.807) is 6.07 Å². The highest BCUT2D eigenvalue weighted by molar-refractivity contribution is 6.21. The summed E-state index contributed by atoms with van der Waals surface area (Å²) in [6.07, 6.45) is -3.61. The zero-order chi connectivity index (χ0) is 27.1. The molecule has 0 spiro atoms. The van der Waals surface area contributed by atoms with E-state index in [-0.39, 0.29) is 18.2 Å². The van der Waals surface area contributed by atoms with Gasteiger partial charge < -0.3 is 4.90 Å². The number of rotatable bonds is 5. The highest BCUT2D eigenvalue weighted by Crippen LogP contribution is 2.47. The molecule has 0 aromatic heterocycles. The minimum absolute atomic E-state index is 0.104. The van der Waals surface area contributed by atoms with Crippen LogP contribution < -0.4 is 4.90 Å². The van der Waals surface area contributed by atoms with Crippen molar-refractivity contribution in [2.45, 2.75) is 19.0 Å². The zero-order valence-electron chi connectivity index (χ0n) is 21.4. The van der Waals surface area contributed by atoms with Gasteiger partial charge in [-0.3, -0.25) is 19.4 Å². The Kier molecular flexibility index (Phi) is 6.51. The molecular formula is C31H28F3N3O2. The van der Waals surface area contributed by atoms with E-state index >= 15 is 0 Å². The Labute approximate surface area is 225 Å². The monoisotopic (exact) mass is 531 g/mol. The third-order valence-corrected chi connectivity index (χ3v) is 7.88. The maximum atomic E-state index is 13.4. The van der Waals surface area contributed by atoms with Gasteiger partial charge in [0.1, 0.15) is 0 Å². The van der Waals surface area contributed by atoms with Crippen LogP contribution in [0.5, 0.6) is 0 Å². The number of piperazine rings is 1. The standard InChI is InChI=1S/C31H28F3N3O2/c32-31(33,34)21-7-5-8-22(19-21)36-17-15-35(16-18-36)13-6-14-37-28(38)20-27(30(37)39)29-25-11-3-1-9-23(25)24-10-2-4-12-26(24)29/h1-5,7-12,19H,6,13-18,20H2. The van der Waals surface area contributed by atoms with Gasteiger partial charge in [0.05, 0.1) is 12.0 Å². The predicted octanol–water partition coefficient (Wildman–Crippen LogP) is 5.46. The maximum Gasteiger partial charge on any atom is 0.416 e. The predicted molar refractivity (Wildman–Crippen MR) is 144 cm³/mol. The number of carbonyl (C=O) groups is 2. The van der Waals surface area contributed by atoms with Gasteiger partial charge in [-0.25, -0.2) is 0 Å². The van der Waals surface area contributed by atoms with Gasteiger partial charge in [-0.1, -0.05) is 54.6 Å². The molecule has 0 radical (unpaired) electrons. The molecule has 2 aliphatic heterocycles. The molecule has 200 valence electrons. The number of likely N-dealkylation sites (tertiary alicyclic amines) is 1. The van der Waals surface area contributed by atoms with Gasteiger partial charge in [0.2, 0.25) is 5.91 Å². The Bertz CT molecular complexity index is 1420. The fraction of sp³-hybridized carbons (Fsp3) is 0.290. The molecule has 0 atom stereocenters. The van der Waals surface area contributed by atoms with Gasteiger partial charge in [0, 0.05) is 44.0 Å². The highest BCUT2D eigenvalue weighted by atomic mass is 19.4. The summed E-state index contributed by atoms with van der Waals surface area (Å²) < 4.78 is 39.2. The number of hydrogen-bond acceptors (Lipinski definition) is 4. The first-order valence-electron chi connectivity index (χ1n) is 13.2. The van der Waals surface area contributed by atoms with Crippen LogP contribution in [0.4, 0.5) is 18.9 Å². The van der Waals surface area contributed by atoms with Gasteiger partial charge in [0.15, 0.2) is 0 Å². The number of alkyl halides is 3. The minimum Gasteiger partial charge on any atom is -0.369 e. The Morgan fingerprint density at radius 1 is 0.718 bits per heavy atom. The molecule has 2 heterocycles. The van der Waals surface area contributed by atoms with E-state index in [1.807, 2.05) is 53.4 Å². The van der Waals surface area contributed by atoms with Crippen LogP contribution in [-0.2, 0) is 15.8 Å². The van der Waals surface area contributed by atoms with Crippen molar-refractivity contribution in [2.24, 2.45) is 0 Å². The van der Waals surface area contributed by atoms with Gasteiger partial charge in [-0.2, -0.15) is 13.2 Å². The van der Waals surface area contributed by atoms with Crippen molar-refractivity contribution in [1.82, 2.24) is 9.80 Å². The molecule has 2 fully saturated rings. The van der Waals surface area contributed by atoms with Crippen molar-refractivity contribution >= 4 is 23.1 Å². The second-order valence-electron chi connectivity index (χ2n) is 10.2. The molecule has 0 N–H and O–H groups in total. The highest BCUT2D eigenvalue weighted by Gasteiger charge is 2.38. The van der Waals surface area contributed by atoms with E-state index < -0.39 is 11.7 Å². The van der Waals surface area contributed by atoms with Crippen LogP contribution in [0.15, 0.2) is 78.4 Å². The first-order chi connectivity index (χ1) is 18.8. The number of carbonyl (C=O) groups excluding carboxylic acids is 2. The van der Waals surface area contributed by atoms with E-state index in [0.717, 1.165) is 33.9 Å². The summed E-state index contributed by atoms with van der Waals surface area (Å²) >= 11 is 0. The summed E-state index contributed by atoms with van der Waals surface area (Å²) in [5, 5.41) is 0. The molecule has 8 heteroatoms. The van der Waals surface area contributed by atoms with Crippen LogP contribution in [0, 0.1) is 0 Å². The van der Waals surface area contributed by atoms with Crippen LogP contribution in [0.1, 0.15) is 29.5 Å². The zero-order valence-corrected chi connectivity index (χ0v) is 21.4. The smallest absolute Gasteiger partial charge is 0.369 e. The van der Waals surface area contributed by atoms with Gasteiger partial charge in [-0.05, 0) is 59.0 Å². The van der Waals surface area contributed by atoms with Crippen LogP contribution in [0.2, 0.25) is 0 Å². The lowest BCUT2D eigenvalue weighted by atomic mass is 9.97. The topological polar surface area (TPSA) is 43.9 Å². The third-order valence-electron chi connectivity index (χ3n) is 7.88. The second kappa shape index (κ2) is 10.0. The molecule has 2 saturated heterocycles. The Hall–Kier alpha value is -3.91. The first-order valence-corrected chi connectivity index (χ1v) is 13.2. The van der Waals surface area contributed by atoms with E-state index in [9.17, 15) is 22.8 Å². The molecule has 0 unspecified atom stereocenters. The number of halogens is 3. The molecule has 2 amide bonds. The Morgan fingerprint density at radius 2 is 1.33 bits per heavy atom. The number of hydrogen-bond donors (Lipinski definition) is 0. The van der Waals surface area contributed by atoms with Crippen molar-refractivity contribution in [3.8, 4) is 11.1 Å². The van der Waals surface area contributed by atoms with Crippen LogP contribution in [-0.4, -0.2) is 60.9 Å². The molecule has 3 aliphatic rings. The summed E-state index contributed by atoms with van der Waals surface area (Å²) in [4.78, 5) is 32.0. The summed E-state index contributed by atoms with van der Waals surface area (Å²) in [5.41, 5.74) is 5.53. The maximum absolute atomic E-state index is 13.4. The molecule has 1 aliphatic carbocycles. The lowest BCUT2D eigenvalue weighted by Crippen LogP contribution is -2.47. The largest absolute Gasteiger partial charge is 0.416 e. The van der Waals surface area contributed by atoms with Crippen molar-refractivity contribution in [2.75, 3.05) is 44.2 Å². The van der Waals surface area contributed by atoms with Crippen LogP contribution in [0.25, 0.3) is 16.7 Å². The van der Waals surface area contributed by atoms with E-state index in [0.29, 0.717) is 56.9 Å². The van der Waals surface area contributed by atoms with E-state index in [1.165, 1.54) is 17.0 Å². The van der Waals surface area contributed by atoms with Crippen molar-refractivity contribution < 1.29 is 22.8 Å². The Balaban J connectivity index is 1.08. The molecule has 39 heavy (non-hydrogen) atoms. The van der Waals surface area contributed by atoms with Crippen LogP contribution in [0.3, 0.4) is 0 Å². The normalized spacial score (nSPS) is 17.7. The molecule has 3 aromatic carbocycles. The molecular weight excluding hydrogens is 503 g/mol. The number of imide groups is 1. The summed E-state index contributed by atoms with van der Waals surface area (Å²) in [6, 6.07) is 21.4. The van der Waals surface area contributed by atoms with Gasteiger partial charge in [-0.15, -0.1) is 0 Å².